The Labute approximate surface area is 115 Å². The molecule has 6 heteroatoms. The monoisotopic (exact) mass is 291 g/mol. The van der Waals surface area contributed by atoms with Crippen molar-refractivity contribution < 1.29 is 18.3 Å². The zero-order valence-electron chi connectivity index (χ0n) is 12.0. The minimum Gasteiger partial charge on any atom is -0.481 e. The van der Waals surface area contributed by atoms with Crippen molar-refractivity contribution in [1.82, 2.24) is 4.72 Å². The molecule has 0 aromatic carbocycles. The fraction of sp³-hybridized carbons (Fsp3) is 0.923. The summed E-state index contributed by atoms with van der Waals surface area (Å²) >= 11 is 0. The lowest BCUT2D eigenvalue weighted by Gasteiger charge is -2.26. The summed E-state index contributed by atoms with van der Waals surface area (Å²) < 4.78 is 26.4. The van der Waals surface area contributed by atoms with E-state index in [9.17, 15) is 13.2 Å². The summed E-state index contributed by atoms with van der Waals surface area (Å²) in [5, 5.41) is 8.90. The van der Waals surface area contributed by atoms with Gasteiger partial charge in [-0.25, -0.2) is 13.1 Å². The third-order valence-electron chi connectivity index (χ3n) is 3.41. The highest BCUT2D eigenvalue weighted by Gasteiger charge is 2.27. The maximum Gasteiger partial charge on any atom is 0.306 e. The minimum absolute atomic E-state index is 0.116. The van der Waals surface area contributed by atoms with Crippen molar-refractivity contribution >= 4 is 16.0 Å². The van der Waals surface area contributed by atoms with Crippen molar-refractivity contribution in [2.45, 2.75) is 46.5 Å². The summed E-state index contributed by atoms with van der Waals surface area (Å²) in [5.74, 6) is -0.593. The highest BCUT2D eigenvalue weighted by Crippen LogP contribution is 2.28. The van der Waals surface area contributed by atoms with E-state index in [1.54, 1.807) is 0 Å². The minimum atomic E-state index is -3.23. The quantitative estimate of drug-likeness (QED) is 0.809. The molecule has 0 aliphatic heterocycles. The van der Waals surface area contributed by atoms with E-state index in [1.807, 2.05) is 20.8 Å². The highest BCUT2D eigenvalue weighted by molar-refractivity contribution is 7.89. The number of hydrogen-bond acceptors (Lipinski definition) is 3. The summed E-state index contributed by atoms with van der Waals surface area (Å²) in [6.45, 7) is 6.11. The molecule has 0 spiro atoms. The molecule has 1 saturated carbocycles. The molecule has 1 fully saturated rings. The van der Waals surface area contributed by atoms with Crippen molar-refractivity contribution in [3.8, 4) is 0 Å². The van der Waals surface area contributed by atoms with Gasteiger partial charge in [-0.3, -0.25) is 4.79 Å². The van der Waals surface area contributed by atoms with Crippen molar-refractivity contribution in [2.75, 3.05) is 12.3 Å². The van der Waals surface area contributed by atoms with Gasteiger partial charge in [-0.1, -0.05) is 20.8 Å². The van der Waals surface area contributed by atoms with E-state index in [4.69, 9.17) is 5.11 Å². The lowest BCUT2D eigenvalue weighted by atomic mass is 9.82. The topological polar surface area (TPSA) is 83.5 Å². The van der Waals surface area contributed by atoms with E-state index in [0.717, 1.165) is 12.8 Å². The number of aliphatic carboxylic acids is 1. The summed E-state index contributed by atoms with van der Waals surface area (Å²) in [6.07, 6.45) is 2.88. The molecule has 1 rings (SSSR count). The third kappa shape index (κ3) is 6.38. The van der Waals surface area contributed by atoms with Crippen LogP contribution in [0.3, 0.4) is 0 Å². The smallest absolute Gasteiger partial charge is 0.306 e. The molecule has 0 atom stereocenters. The molecule has 1 aliphatic rings. The predicted molar refractivity (Wildman–Crippen MR) is 74.3 cm³/mol. The molecule has 0 heterocycles. The van der Waals surface area contributed by atoms with E-state index >= 15 is 0 Å². The molecule has 0 amide bonds. The number of nitrogens with one attached hydrogen (secondary N) is 1. The first-order valence-electron chi connectivity index (χ1n) is 6.79. The van der Waals surface area contributed by atoms with Gasteiger partial charge in [0.05, 0.1) is 11.7 Å². The van der Waals surface area contributed by atoms with Gasteiger partial charge in [0, 0.05) is 6.54 Å². The van der Waals surface area contributed by atoms with Gasteiger partial charge in [0.25, 0.3) is 0 Å². The van der Waals surface area contributed by atoms with Gasteiger partial charge >= 0.3 is 5.97 Å². The maximum atomic E-state index is 11.9. The number of hydrogen-bond donors (Lipinski definition) is 2. The fourth-order valence-electron chi connectivity index (χ4n) is 2.48. The number of carboxylic acids is 1. The van der Waals surface area contributed by atoms with Gasteiger partial charge in [0.2, 0.25) is 10.0 Å². The molecule has 0 saturated heterocycles. The molecule has 0 bridgehead atoms. The normalized spacial score (nSPS) is 25.2. The Hall–Kier alpha value is -0.620. The van der Waals surface area contributed by atoms with Gasteiger partial charge in [0.1, 0.15) is 0 Å². The van der Waals surface area contributed by atoms with Gasteiger partial charge < -0.3 is 5.11 Å². The molecule has 2 N–H and O–H groups in total. The van der Waals surface area contributed by atoms with Crippen LogP contribution >= 0.6 is 0 Å². The number of carboxylic acid groups (broad SMARTS) is 1. The Morgan fingerprint density at radius 3 is 2.16 bits per heavy atom. The average Bonchev–Trinajstić information content (AvgIpc) is 2.24. The highest BCUT2D eigenvalue weighted by atomic mass is 32.2. The van der Waals surface area contributed by atoms with Crippen LogP contribution in [0.4, 0.5) is 0 Å². The summed E-state index contributed by atoms with van der Waals surface area (Å²) in [5.41, 5.74) is -0.257. The van der Waals surface area contributed by atoms with Gasteiger partial charge in [-0.2, -0.15) is 0 Å². The predicted octanol–water partition coefficient (Wildman–Crippen LogP) is 1.84. The van der Waals surface area contributed by atoms with Crippen molar-refractivity contribution in [3.05, 3.63) is 0 Å². The molecule has 0 radical (unpaired) electrons. The Kier molecular flexibility index (Phi) is 5.38. The molecule has 112 valence electrons. The van der Waals surface area contributed by atoms with Crippen LogP contribution in [0.1, 0.15) is 46.5 Å². The second-order valence-corrected chi connectivity index (χ2v) is 8.53. The molecule has 1 aliphatic carbocycles. The first-order chi connectivity index (χ1) is 8.59. The Morgan fingerprint density at radius 2 is 1.74 bits per heavy atom. The second kappa shape index (κ2) is 6.22. The van der Waals surface area contributed by atoms with Crippen LogP contribution < -0.4 is 4.72 Å². The first-order valence-corrected chi connectivity index (χ1v) is 8.44. The van der Waals surface area contributed by atoms with E-state index in [-0.39, 0.29) is 23.0 Å². The van der Waals surface area contributed by atoms with Crippen molar-refractivity contribution in [1.29, 1.82) is 0 Å². The zero-order chi connectivity index (χ0) is 14.7. The van der Waals surface area contributed by atoms with Crippen LogP contribution in [0.5, 0.6) is 0 Å². The Morgan fingerprint density at radius 1 is 1.21 bits per heavy atom. The average molecular weight is 291 g/mol. The maximum absolute atomic E-state index is 11.9. The van der Waals surface area contributed by atoms with Crippen LogP contribution in [-0.2, 0) is 14.8 Å². The molecule has 5 nitrogen and oxygen atoms in total. The fourth-order valence-corrected chi connectivity index (χ4v) is 4.21. The lowest BCUT2D eigenvalue weighted by molar-refractivity contribution is -0.143. The van der Waals surface area contributed by atoms with Crippen LogP contribution in [0.25, 0.3) is 0 Å². The Bertz CT molecular complexity index is 403. The van der Waals surface area contributed by atoms with Crippen LogP contribution in [0.2, 0.25) is 0 Å². The Balaban J connectivity index is 2.36. The number of rotatable bonds is 5. The van der Waals surface area contributed by atoms with Crippen molar-refractivity contribution in [3.63, 3.8) is 0 Å². The van der Waals surface area contributed by atoms with Gasteiger partial charge in [-0.15, -0.1) is 0 Å². The number of sulfonamides is 1. The molecule has 0 aromatic rings. The first kappa shape index (κ1) is 16.4. The van der Waals surface area contributed by atoms with E-state index in [2.05, 4.69) is 4.72 Å². The van der Waals surface area contributed by atoms with E-state index in [0.29, 0.717) is 19.4 Å². The largest absolute Gasteiger partial charge is 0.481 e. The summed E-state index contributed by atoms with van der Waals surface area (Å²) in [4.78, 5) is 10.8. The van der Waals surface area contributed by atoms with Crippen LogP contribution in [0.15, 0.2) is 0 Å². The standard InChI is InChI=1S/C13H25NO4S/c1-13(2,3)9-19(17,18)14-8-10-4-6-11(7-5-10)12(15)16/h10-11,14H,4-9H2,1-3H3,(H,15,16). The second-order valence-electron chi connectivity index (χ2n) is 6.72. The van der Waals surface area contributed by atoms with Gasteiger partial charge in [0.15, 0.2) is 0 Å². The molecule has 19 heavy (non-hydrogen) atoms. The van der Waals surface area contributed by atoms with Crippen LogP contribution in [-0.4, -0.2) is 31.8 Å². The van der Waals surface area contributed by atoms with E-state index in [1.165, 1.54) is 0 Å². The van der Waals surface area contributed by atoms with Gasteiger partial charge in [-0.05, 0) is 37.0 Å². The molecule has 0 aromatic heterocycles. The van der Waals surface area contributed by atoms with E-state index < -0.39 is 16.0 Å². The molecule has 0 unspecified atom stereocenters. The van der Waals surface area contributed by atoms with Crippen LogP contribution in [0, 0.1) is 17.3 Å². The summed E-state index contributed by atoms with van der Waals surface area (Å²) in [7, 11) is -3.23. The number of carbonyl (C=O) groups is 1. The zero-order valence-corrected chi connectivity index (χ0v) is 12.8. The SMILES string of the molecule is CC(C)(C)CS(=O)(=O)NCC1CCC(C(=O)O)CC1. The van der Waals surface area contributed by atoms with Crippen molar-refractivity contribution in [2.24, 2.45) is 17.3 Å². The lowest BCUT2D eigenvalue weighted by Crippen LogP contribution is -2.36. The third-order valence-corrected chi connectivity index (χ3v) is 5.26. The molecular weight excluding hydrogens is 266 g/mol. The summed E-state index contributed by atoms with van der Waals surface area (Å²) in [6, 6.07) is 0. The molecular formula is C13H25NO4S.